The van der Waals surface area contributed by atoms with Gasteiger partial charge in [-0.1, -0.05) is 24.3 Å². The number of rotatable bonds is 24. The van der Waals surface area contributed by atoms with E-state index in [0.29, 0.717) is 60.8 Å². The zero-order valence-electron chi connectivity index (χ0n) is 31.4. The standard InChI is InChI=1S/C35H46Cl4N6O8.2Na/c1-22(46)40-28(19-24-3-7-26(8-4-24)44(15-11-36)16-12-37)32(48)42-30(34(50)51)21-31(35(52)53)43-33(49)29(41-23(2)47)20-25-5-9-27(10-6-25)45(17-13-38)18-14-39;;/h3-10,28-31H,11-21H2,1-2H3,(H,40,46)(H,41,47)(H,42,48)(H,43,49)(H,50,51)(H,52,53);;/q;2*+1/p-2. The van der Waals surface area contributed by atoms with Crippen LogP contribution in [0, 0.1) is 0 Å². The minimum absolute atomic E-state index is 0. The number of benzene rings is 2. The van der Waals surface area contributed by atoms with Crippen LogP contribution in [-0.4, -0.2) is 109 Å². The fourth-order valence-electron chi connectivity index (χ4n) is 5.42. The predicted molar refractivity (Wildman–Crippen MR) is 201 cm³/mol. The molecule has 14 nitrogen and oxygen atoms in total. The molecule has 0 heterocycles. The number of carbonyl (C=O) groups is 6. The number of carbonyl (C=O) groups excluding carboxylic acids is 6. The molecule has 0 spiro atoms. The van der Waals surface area contributed by atoms with Crippen LogP contribution in [0.1, 0.15) is 31.4 Å². The zero-order valence-corrected chi connectivity index (χ0v) is 38.4. The molecule has 0 fully saturated rings. The molecule has 0 aromatic heterocycles. The molecule has 55 heavy (non-hydrogen) atoms. The molecule has 0 aliphatic heterocycles. The van der Waals surface area contributed by atoms with E-state index in [0.717, 1.165) is 11.4 Å². The second-order valence-electron chi connectivity index (χ2n) is 12.0. The van der Waals surface area contributed by atoms with Gasteiger partial charge in [-0.3, -0.25) is 19.2 Å². The van der Waals surface area contributed by atoms with Crippen molar-refractivity contribution in [3.63, 3.8) is 0 Å². The fourth-order valence-corrected chi connectivity index (χ4v) is 6.24. The van der Waals surface area contributed by atoms with Crippen LogP contribution in [-0.2, 0) is 41.6 Å². The first-order chi connectivity index (χ1) is 25.2. The monoisotopic (exact) mass is 862 g/mol. The molecule has 4 amide bonds. The number of nitrogens with zero attached hydrogens (tertiary/aromatic N) is 2. The number of carboxylic acid groups (broad SMARTS) is 2. The third kappa shape index (κ3) is 19.3. The smallest absolute Gasteiger partial charge is 0.548 e. The first-order valence-corrected chi connectivity index (χ1v) is 18.8. The molecule has 0 aliphatic rings. The summed E-state index contributed by atoms with van der Waals surface area (Å²) in [7, 11) is 0. The van der Waals surface area contributed by atoms with Gasteiger partial charge in [-0.2, -0.15) is 0 Å². The molecular weight excluding hydrogens is 820 g/mol. The Morgan fingerprint density at radius 3 is 1.05 bits per heavy atom. The minimum atomic E-state index is -1.93. The van der Waals surface area contributed by atoms with Gasteiger partial charge < -0.3 is 50.9 Å². The Kier molecular flexibility index (Phi) is 27.4. The molecule has 2 aromatic rings. The van der Waals surface area contributed by atoms with Crippen molar-refractivity contribution in [2.75, 3.05) is 59.5 Å². The summed E-state index contributed by atoms with van der Waals surface area (Å²) in [6, 6.07) is 7.68. The van der Waals surface area contributed by atoms with Crippen LogP contribution in [0.4, 0.5) is 11.4 Å². The van der Waals surface area contributed by atoms with E-state index in [1.165, 1.54) is 13.8 Å². The van der Waals surface area contributed by atoms with Gasteiger partial charge in [0.2, 0.25) is 23.6 Å². The second kappa shape index (κ2) is 28.4. The van der Waals surface area contributed by atoms with Crippen molar-refractivity contribution in [2.45, 2.75) is 57.3 Å². The van der Waals surface area contributed by atoms with E-state index in [4.69, 9.17) is 46.4 Å². The van der Waals surface area contributed by atoms with Crippen molar-refractivity contribution >= 4 is 93.3 Å². The van der Waals surface area contributed by atoms with Gasteiger partial charge in [0.1, 0.15) is 12.1 Å². The molecular formula is C35H44Cl4N6Na2O8. The molecule has 20 heteroatoms. The number of hydrogen-bond acceptors (Lipinski definition) is 10. The maximum atomic E-state index is 13.3. The molecule has 0 saturated carbocycles. The largest absolute Gasteiger partial charge is 1.00 e. The predicted octanol–water partition coefficient (Wildman–Crippen LogP) is -6.08. The number of nitrogens with one attached hydrogen (secondary N) is 4. The Morgan fingerprint density at radius 2 is 0.818 bits per heavy atom. The van der Waals surface area contributed by atoms with Crippen molar-refractivity contribution in [3.05, 3.63) is 59.7 Å². The van der Waals surface area contributed by atoms with Crippen LogP contribution in [0.3, 0.4) is 0 Å². The maximum absolute atomic E-state index is 13.3. The number of anilines is 2. The molecule has 292 valence electrons. The Bertz CT molecular complexity index is 1410. The van der Waals surface area contributed by atoms with E-state index < -0.39 is 66.2 Å². The van der Waals surface area contributed by atoms with Crippen LogP contribution in [0.5, 0.6) is 0 Å². The second-order valence-corrected chi connectivity index (χ2v) is 13.5. The quantitative estimate of drug-likeness (QED) is 0.0582. The van der Waals surface area contributed by atoms with E-state index >= 15 is 0 Å². The van der Waals surface area contributed by atoms with Gasteiger partial charge in [0, 0.05) is 87.8 Å². The summed E-state index contributed by atoms with van der Waals surface area (Å²) in [4.78, 5) is 78.8. The molecule has 0 bridgehead atoms. The van der Waals surface area contributed by atoms with E-state index in [2.05, 4.69) is 21.3 Å². The van der Waals surface area contributed by atoms with Crippen molar-refractivity contribution < 1.29 is 98.1 Å². The van der Waals surface area contributed by atoms with E-state index in [1.807, 2.05) is 9.80 Å². The molecule has 2 rings (SSSR count). The van der Waals surface area contributed by atoms with Gasteiger partial charge in [0.05, 0.1) is 24.0 Å². The van der Waals surface area contributed by atoms with Gasteiger partial charge in [-0.05, 0) is 41.8 Å². The Labute approximate surface area is 385 Å². The number of hydrogen-bond donors (Lipinski definition) is 4. The average molecular weight is 865 g/mol. The van der Waals surface area contributed by atoms with Crippen molar-refractivity contribution in [1.29, 1.82) is 0 Å². The number of alkyl halides is 4. The summed E-state index contributed by atoms with van der Waals surface area (Å²) in [5.41, 5.74) is 2.89. The SMILES string of the molecule is CC(=O)NC(Cc1ccc(N(CCCl)CCCl)cc1)C(=O)NC(CC(NC(=O)C(Cc1ccc(N(CCCl)CCCl)cc1)NC(C)=O)C(=O)[O-])C(=O)[O-].[Na+].[Na+]. The van der Waals surface area contributed by atoms with Crippen molar-refractivity contribution in [1.82, 2.24) is 21.3 Å². The number of aliphatic carboxylic acids is 2. The number of carboxylic acids is 2. The first kappa shape index (κ1) is 53.0. The topological polar surface area (TPSA) is 203 Å². The van der Waals surface area contributed by atoms with Crippen molar-refractivity contribution in [3.8, 4) is 0 Å². The summed E-state index contributed by atoms with van der Waals surface area (Å²) in [6.45, 7) is 4.55. The maximum Gasteiger partial charge on any atom is 1.00 e. The van der Waals surface area contributed by atoms with Gasteiger partial charge in [-0.25, -0.2) is 0 Å². The molecule has 0 saturated heterocycles. The molecule has 4 N–H and O–H groups in total. The van der Waals surface area contributed by atoms with Gasteiger partial charge >= 0.3 is 59.1 Å². The number of halogens is 4. The summed E-state index contributed by atoms with van der Waals surface area (Å²) in [5.74, 6) is -5.23. The zero-order chi connectivity index (χ0) is 39.5. The molecule has 4 atom stereocenters. The number of amides is 4. The third-order valence-electron chi connectivity index (χ3n) is 7.96. The Balaban J connectivity index is 0.0000146. The van der Waals surface area contributed by atoms with E-state index in [1.54, 1.807) is 48.5 Å². The summed E-state index contributed by atoms with van der Waals surface area (Å²) >= 11 is 23.6. The molecule has 0 aliphatic carbocycles. The van der Waals surface area contributed by atoms with Crippen LogP contribution in [0.25, 0.3) is 0 Å². The van der Waals surface area contributed by atoms with Crippen LogP contribution in [0.2, 0.25) is 0 Å². The normalized spacial score (nSPS) is 12.6. The first-order valence-electron chi connectivity index (χ1n) is 16.7. The minimum Gasteiger partial charge on any atom is -0.548 e. The van der Waals surface area contributed by atoms with Gasteiger partial charge in [0.25, 0.3) is 0 Å². The van der Waals surface area contributed by atoms with Gasteiger partial charge in [0.15, 0.2) is 0 Å². The molecule has 2 aromatic carbocycles. The molecule has 4 unspecified atom stereocenters. The van der Waals surface area contributed by atoms with E-state index in [-0.39, 0.29) is 72.0 Å². The Morgan fingerprint density at radius 1 is 0.527 bits per heavy atom. The summed E-state index contributed by atoms with van der Waals surface area (Å²) < 4.78 is 0. The van der Waals surface area contributed by atoms with Crippen molar-refractivity contribution in [2.24, 2.45) is 0 Å². The fraction of sp³-hybridized carbons (Fsp3) is 0.486. The summed E-state index contributed by atoms with van der Waals surface area (Å²) in [5, 5.41) is 33.6. The summed E-state index contributed by atoms with van der Waals surface area (Å²) in [6.07, 6.45) is -0.971. The Hall–Kier alpha value is -1.98. The van der Waals surface area contributed by atoms with E-state index in [9.17, 15) is 39.0 Å². The van der Waals surface area contributed by atoms with Crippen LogP contribution >= 0.6 is 46.4 Å². The van der Waals surface area contributed by atoms with Crippen LogP contribution in [0.15, 0.2) is 48.5 Å². The van der Waals surface area contributed by atoms with Gasteiger partial charge in [-0.15, -0.1) is 46.4 Å². The van der Waals surface area contributed by atoms with Crippen LogP contribution < -0.4 is 100 Å². The third-order valence-corrected chi connectivity index (χ3v) is 8.64. The molecule has 0 radical (unpaired) electrons. The average Bonchev–Trinajstić information content (AvgIpc) is 3.10.